The van der Waals surface area contributed by atoms with Crippen molar-refractivity contribution in [3.63, 3.8) is 0 Å². The molecule has 0 aromatic carbocycles. The molecule has 0 aliphatic heterocycles. The van der Waals surface area contributed by atoms with Crippen LogP contribution in [-0.4, -0.2) is 9.61 Å². The van der Waals surface area contributed by atoms with Crippen molar-refractivity contribution < 1.29 is 0 Å². The average Bonchev–Trinajstić information content (AvgIpc) is 2.43. The predicted molar refractivity (Wildman–Crippen MR) is 51.8 cm³/mol. The van der Waals surface area contributed by atoms with E-state index < -0.39 is 0 Å². The summed E-state index contributed by atoms with van der Waals surface area (Å²) in [5.74, 6) is 0.736. The third kappa shape index (κ3) is 1.05. The molecule has 0 amide bonds. The normalized spacial score (nSPS) is 17.5. The van der Waals surface area contributed by atoms with Crippen molar-refractivity contribution in [2.45, 2.75) is 25.2 Å². The van der Waals surface area contributed by atoms with E-state index in [1.165, 1.54) is 30.5 Å². The molecule has 13 heavy (non-hydrogen) atoms. The molecule has 2 heteroatoms. The maximum absolute atomic E-state index is 4.55. The zero-order chi connectivity index (χ0) is 8.67. The fourth-order valence-electron chi connectivity index (χ4n) is 1.86. The van der Waals surface area contributed by atoms with Crippen LogP contribution in [0.5, 0.6) is 0 Å². The number of hydrogen-bond donors (Lipinski definition) is 0. The lowest BCUT2D eigenvalue weighted by molar-refractivity contribution is 0.409. The van der Waals surface area contributed by atoms with Crippen molar-refractivity contribution in [3.05, 3.63) is 36.2 Å². The summed E-state index contributed by atoms with van der Waals surface area (Å²) in [5.41, 5.74) is 2.49. The molecule has 0 unspecified atom stereocenters. The minimum atomic E-state index is 0.736. The second kappa shape index (κ2) is 2.59. The molecule has 2 heterocycles. The molecule has 1 aliphatic carbocycles. The summed E-state index contributed by atoms with van der Waals surface area (Å²) in [5, 5.41) is 4.55. The van der Waals surface area contributed by atoms with Gasteiger partial charge in [0, 0.05) is 12.1 Å². The van der Waals surface area contributed by atoms with Gasteiger partial charge in [-0.25, -0.2) is 4.52 Å². The molecule has 2 aromatic heterocycles. The highest BCUT2D eigenvalue weighted by atomic mass is 15.2. The first-order valence-corrected chi connectivity index (χ1v) is 4.88. The molecule has 1 aliphatic rings. The predicted octanol–water partition coefficient (Wildman–Crippen LogP) is 2.60. The maximum Gasteiger partial charge on any atom is 0.0666 e. The van der Waals surface area contributed by atoms with Gasteiger partial charge in [0.1, 0.15) is 0 Å². The van der Waals surface area contributed by atoms with Crippen molar-refractivity contribution in [1.29, 1.82) is 0 Å². The minimum Gasteiger partial charge on any atom is -0.241 e. The van der Waals surface area contributed by atoms with E-state index in [4.69, 9.17) is 0 Å². The summed E-state index contributed by atoms with van der Waals surface area (Å²) in [6, 6.07) is 8.39. The Bertz CT molecular complexity index is 393. The third-order valence-electron chi connectivity index (χ3n) is 2.91. The standard InChI is InChI=1S/C11H12N2/c1-2-7-13-10(6-1)8-11(12-13)9-4-3-5-9/h1-2,6-9H,3-5H2. The van der Waals surface area contributed by atoms with Gasteiger partial charge in [0.15, 0.2) is 0 Å². The molecular weight excluding hydrogens is 160 g/mol. The summed E-state index contributed by atoms with van der Waals surface area (Å²) >= 11 is 0. The molecule has 0 N–H and O–H groups in total. The molecule has 66 valence electrons. The summed E-state index contributed by atoms with van der Waals surface area (Å²) in [7, 11) is 0. The summed E-state index contributed by atoms with van der Waals surface area (Å²) < 4.78 is 1.97. The van der Waals surface area contributed by atoms with Gasteiger partial charge in [-0.2, -0.15) is 5.10 Å². The summed E-state index contributed by atoms with van der Waals surface area (Å²) in [4.78, 5) is 0. The van der Waals surface area contributed by atoms with Crippen molar-refractivity contribution in [2.75, 3.05) is 0 Å². The van der Waals surface area contributed by atoms with Gasteiger partial charge < -0.3 is 0 Å². The highest BCUT2D eigenvalue weighted by Gasteiger charge is 2.21. The highest BCUT2D eigenvalue weighted by Crippen LogP contribution is 2.35. The first-order chi connectivity index (χ1) is 6.43. The molecule has 0 spiro atoms. The number of aromatic nitrogens is 2. The molecule has 1 fully saturated rings. The Morgan fingerprint density at radius 2 is 2.23 bits per heavy atom. The van der Waals surface area contributed by atoms with Crippen LogP contribution >= 0.6 is 0 Å². The van der Waals surface area contributed by atoms with Crippen LogP contribution in [0.2, 0.25) is 0 Å². The molecule has 3 rings (SSSR count). The first kappa shape index (κ1) is 7.13. The Morgan fingerprint density at radius 1 is 1.31 bits per heavy atom. The fraction of sp³-hybridized carbons (Fsp3) is 0.364. The zero-order valence-electron chi connectivity index (χ0n) is 7.48. The Kier molecular flexibility index (Phi) is 1.42. The van der Waals surface area contributed by atoms with Crippen molar-refractivity contribution in [3.8, 4) is 0 Å². The Labute approximate surface area is 77.2 Å². The Balaban J connectivity index is 2.10. The van der Waals surface area contributed by atoms with Gasteiger partial charge in [-0.3, -0.25) is 0 Å². The number of rotatable bonds is 1. The van der Waals surface area contributed by atoms with Crippen LogP contribution in [0.15, 0.2) is 30.5 Å². The van der Waals surface area contributed by atoms with Crippen LogP contribution in [-0.2, 0) is 0 Å². The van der Waals surface area contributed by atoms with E-state index in [1.807, 2.05) is 16.8 Å². The van der Waals surface area contributed by atoms with E-state index in [9.17, 15) is 0 Å². The third-order valence-corrected chi connectivity index (χ3v) is 2.91. The minimum absolute atomic E-state index is 0.736. The van der Waals surface area contributed by atoms with Crippen molar-refractivity contribution >= 4 is 5.52 Å². The van der Waals surface area contributed by atoms with E-state index in [-0.39, 0.29) is 0 Å². The fourth-order valence-corrected chi connectivity index (χ4v) is 1.86. The highest BCUT2D eigenvalue weighted by molar-refractivity contribution is 5.47. The van der Waals surface area contributed by atoms with Gasteiger partial charge in [0.05, 0.1) is 11.2 Å². The van der Waals surface area contributed by atoms with Crippen LogP contribution in [0.4, 0.5) is 0 Å². The van der Waals surface area contributed by atoms with Crippen LogP contribution in [0.1, 0.15) is 30.9 Å². The first-order valence-electron chi connectivity index (χ1n) is 4.88. The van der Waals surface area contributed by atoms with E-state index >= 15 is 0 Å². The van der Waals surface area contributed by atoms with Gasteiger partial charge in [-0.1, -0.05) is 12.5 Å². The van der Waals surface area contributed by atoms with Crippen LogP contribution < -0.4 is 0 Å². The van der Waals surface area contributed by atoms with E-state index in [0.29, 0.717) is 0 Å². The summed E-state index contributed by atoms with van der Waals surface area (Å²) in [6.07, 6.45) is 6.03. The van der Waals surface area contributed by atoms with Gasteiger partial charge in [-0.05, 0) is 31.0 Å². The Morgan fingerprint density at radius 3 is 2.92 bits per heavy atom. The molecule has 0 atom stereocenters. The molecular formula is C11H12N2. The van der Waals surface area contributed by atoms with Gasteiger partial charge in [-0.15, -0.1) is 0 Å². The van der Waals surface area contributed by atoms with E-state index in [1.54, 1.807) is 0 Å². The van der Waals surface area contributed by atoms with Crippen molar-refractivity contribution in [2.24, 2.45) is 0 Å². The second-order valence-electron chi connectivity index (χ2n) is 3.77. The van der Waals surface area contributed by atoms with E-state index in [2.05, 4.69) is 23.3 Å². The number of pyridine rings is 1. The molecule has 2 aromatic rings. The number of fused-ring (bicyclic) bond motifs is 1. The van der Waals surface area contributed by atoms with Crippen LogP contribution in [0.25, 0.3) is 5.52 Å². The monoisotopic (exact) mass is 172 g/mol. The maximum atomic E-state index is 4.55. The SMILES string of the molecule is c1ccn2nc(C3CCC3)cc2c1. The van der Waals surface area contributed by atoms with Crippen molar-refractivity contribution in [1.82, 2.24) is 9.61 Å². The van der Waals surface area contributed by atoms with Gasteiger partial charge in [0.25, 0.3) is 0 Å². The molecule has 0 radical (unpaired) electrons. The zero-order valence-corrected chi connectivity index (χ0v) is 7.48. The quantitative estimate of drug-likeness (QED) is 0.646. The molecule has 1 saturated carbocycles. The number of nitrogens with zero attached hydrogens (tertiary/aromatic N) is 2. The topological polar surface area (TPSA) is 17.3 Å². The lowest BCUT2D eigenvalue weighted by Crippen LogP contribution is -2.09. The van der Waals surface area contributed by atoms with Crippen LogP contribution in [0.3, 0.4) is 0 Å². The van der Waals surface area contributed by atoms with E-state index in [0.717, 1.165) is 5.92 Å². The van der Waals surface area contributed by atoms with Crippen LogP contribution in [0, 0.1) is 0 Å². The lowest BCUT2D eigenvalue weighted by Gasteiger charge is -2.22. The van der Waals surface area contributed by atoms with Gasteiger partial charge >= 0.3 is 0 Å². The largest absolute Gasteiger partial charge is 0.241 e. The smallest absolute Gasteiger partial charge is 0.0666 e. The molecule has 0 bridgehead atoms. The second-order valence-corrected chi connectivity index (χ2v) is 3.77. The Hall–Kier alpha value is -1.31. The van der Waals surface area contributed by atoms with Gasteiger partial charge in [0.2, 0.25) is 0 Å². The lowest BCUT2D eigenvalue weighted by atomic mass is 9.83. The molecule has 2 nitrogen and oxygen atoms in total. The number of hydrogen-bond acceptors (Lipinski definition) is 1. The molecule has 0 saturated heterocycles. The average molecular weight is 172 g/mol. The summed E-state index contributed by atoms with van der Waals surface area (Å²) in [6.45, 7) is 0.